The Morgan fingerprint density at radius 2 is 0.688 bits per heavy atom. The fourth-order valence-electron chi connectivity index (χ4n) is 11.7. The van der Waals surface area contributed by atoms with Crippen molar-refractivity contribution in [3.8, 4) is 0 Å². The molecule has 7 aliphatic rings. The molecule has 35 atom stereocenters. The first-order valence-corrected chi connectivity index (χ1v) is 30.5. The molecule has 43 heteroatoms. The summed E-state index contributed by atoms with van der Waals surface area (Å²) in [6.45, 7) is -0.966. The van der Waals surface area contributed by atoms with E-state index in [0.29, 0.717) is 0 Å². The van der Waals surface area contributed by atoms with Crippen LogP contribution in [0.2, 0.25) is 0 Å². The summed E-state index contributed by atoms with van der Waals surface area (Å²) in [5, 5.41) is 197. The predicted octanol–water partition coefficient (Wildman–Crippen LogP) is -14.8. The van der Waals surface area contributed by atoms with Gasteiger partial charge in [0.1, 0.15) is 165 Å². The van der Waals surface area contributed by atoms with Crippen LogP contribution in [0, 0.1) is 0 Å². The van der Waals surface area contributed by atoms with Crippen molar-refractivity contribution < 1.29 is 185 Å². The molecule has 0 radical (unpaired) electrons. The van der Waals surface area contributed by atoms with Gasteiger partial charge in [-0.05, 0) is 6.92 Å². The van der Waals surface area contributed by atoms with E-state index in [1.54, 1.807) is 0 Å². The van der Waals surface area contributed by atoms with Crippen LogP contribution in [0.15, 0.2) is 0 Å². The van der Waals surface area contributed by atoms with Crippen LogP contribution in [-0.4, -0.2) is 378 Å². The van der Waals surface area contributed by atoms with E-state index in [-0.39, 0.29) is 0 Å². The SMILES string of the molecule is CC(=O)N[C@@H]1[C@@H](O)[C@H](O[C@@H]2O[C@H](CO)[C@@H](O[C@@H]3O[C@H](CO)[C@@H](O)[C@H](O[C@H]4O[C@H](CO)[C@@H](O[C@@H]5O[C@H](CO)[C@@H](O[C@H]6O[C@H](CO)[C@H](OS(=O)(=O)O)[C@H](O)[C@H]6NC(C)=O)[C@H](O)[C@H]5NC(C)=O)[C@H](O)[C@@H]4O)[C@@H]3O)[C@H](O)[C@H]2NC(C)=O)[C@@H](CO[C@H]2O[C@@H](C)[C@@H](O)[C@@H](O)[C@@H]2O)O[C@H]1O. The van der Waals surface area contributed by atoms with Crippen molar-refractivity contribution >= 4 is 34.0 Å². The number of hydrogen-bond acceptors (Lipinski definition) is 37. The minimum absolute atomic E-state index is 0.754. The molecular formula is C50H84N4O38S. The first-order valence-electron chi connectivity index (χ1n) is 29.1. The van der Waals surface area contributed by atoms with Gasteiger partial charge < -0.3 is 170 Å². The van der Waals surface area contributed by atoms with Crippen molar-refractivity contribution in [2.75, 3.05) is 39.6 Å². The molecule has 0 aromatic carbocycles. The molecule has 0 unspecified atom stereocenters. The second-order valence-electron chi connectivity index (χ2n) is 23.0. The third-order valence-electron chi connectivity index (χ3n) is 16.3. The summed E-state index contributed by atoms with van der Waals surface area (Å²) in [6.07, 6.45) is -60.0. The standard InChI is InChI=1S/C50H84N4O38S/c1-12-27(64)33(70)35(72)48(80-12)79-11-22-41(29(66)23(44(75)81-22)51-13(2)60)89-46-25(53-15(4)62)31(68)39(19(8-57)84-46)90-50-37(74)43(28(65)17(6-55)82-50)91-49-36(73)34(71)40(20(9-58)86-49)88-45-24(52-14(3)61)30(67)38(18(7-56)83-45)87-47-26(54-16(5)63)32(69)42(21(10-59)85-47)92-93(76,77)78/h12,17-50,55-59,64-75H,6-11H2,1-5H3,(H,51,60)(H,52,61)(H,53,62)(H,54,63)(H,76,77,78)/t12-,17+,18+,19+,20+,21+,22+,23+,24+,25+,26+,27+,28+,29+,30+,31+,32+,33+,34+,35-,36-,37-,38+,39+,40+,41+,42-,43-,44+,45-,46-,47+,48-,49+,50-/m0/s1. The van der Waals surface area contributed by atoms with Crippen molar-refractivity contribution in [1.29, 1.82) is 0 Å². The number of aliphatic hydroxyl groups excluding tert-OH is 17. The first-order chi connectivity index (χ1) is 43.7. The average molecular weight is 1380 g/mol. The molecule has 538 valence electrons. The number of aliphatic hydroxyl groups is 17. The molecule has 0 aliphatic carbocycles. The van der Waals surface area contributed by atoms with Gasteiger partial charge in [0.2, 0.25) is 23.6 Å². The molecule has 0 aromatic rings. The summed E-state index contributed by atoms with van der Waals surface area (Å²) in [5.74, 6) is -3.43. The summed E-state index contributed by atoms with van der Waals surface area (Å²) in [5.41, 5.74) is 0. The Morgan fingerprint density at radius 1 is 0.355 bits per heavy atom. The molecule has 0 aromatic heterocycles. The van der Waals surface area contributed by atoms with Gasteiger partial charge in [-0.1, -0.05) is 0 Å². The highest BCUT2D eigenvalue weighted by atomic mass is 32.3. The molecule has 7 saturated heterocycles. The van der Waals surface area contributed by atoms with Gasteiger partial charge in [-0.25, -0.2) is 4.18 Å². The number of carbonyl (C=O) groups is 4. The minimum Gasteiger partial charge on any atom is -0.394 e. The molecule has 7 rings (SSSR count). The third-order valence-corrected chi connectivity index (χ3v) is 16.8. The number of nitrogens with one attached hydrogen (secondary N) is 4. The first kappa shape index (κ1) is 76.9. The van der Waals surface area contributed by atoms with Crippen LogP contribution in [0.25, 0.3) is 0 Å². The third kappa shape index (κ3) is 17.9. The number of rotatable bonds is 24. The maximum absolute atomic E-state index is 12.8. The lowest BCUT2D eigenvalue weighted by molar-refractivity contribution is -0.388. The van der Waals surface area contributed by atoms with Gasteiger partial charge in [-0.3, -0.25) is 23.7 Å². The Morgan fingerprint density at radius 3 is 1.12 bits per heavy atom. The van der Waals surface area contributed by atoms with E-state index in [1.165, 1.54) is 6.92 Å². The van der Waals surface area contributed by atoms with Crippen LogP contribution in [0.4, 0.5) is 0 Å². The second kappa shape index (κ2) is 32.9. The van der Waals surface area contributed by atoms with E-state index in [1.807, 2.05) is 0 Å². The molecule has 4 amide bonds. The number of amides is 4. The van der Waals surface area contributed by atoms with Crippen molar-refractivity contribution in [1.82, 2.24) is 21.3 Å². The molecule has 22 N–H and O–H groups in total. The molecule has 0 spiro atoms. The topological polar surface area (TPSA) is 644 Å². The maximum Gasteiger partial charge on any atom is 0.397 e. The zero-order valence-corrected chi connectivity index (χ0v) is 50.9. The Balaban J connectivity index is 1.06. The van der Waals surface area contributed by atoms with Gasteiger partial charge in [-0.2, -0.15) is 8.42 Å². The maximum atomic E-state index is 12.8. The van der Waals surface area contributed by atoms with Crippen molar-refractivity contribution in [2.24, 2.45) is 0 Å². The summed E-state index contributed by atoms with van der Waals surface area (Å²) < 4.78 is 113. The molecule has 0 saturated carbocycles. The van der Waals surface area contributed by atoms with E-state index in [2.05, 4.69) is 25.5 Å². The molecule has 7 fully saturated rings. The predicted molar refractivity (Wildman–Crippen MR) is 287 cm³/mol. The minimum atomic E-state index is -5.33. The lowest BCUT2D eigenvalue weighted by Gasteiger charge is -2.51. The van der Waals surface area contributed by atoms with Crippen LogP contribution < -0.4 is 21.3 Å². The zero-order chi connectivity index (χ0) is 69.0. The van der Waals surface area contributed by atoms with Gasteiger partial charge in [0.15, 0.2) is 44.0 Å². The summed E-state index contributed by atoms with van der Waals surface area (Å²) in [6, 6.07) is -7.11. The van der Waals surface area contributed by atoms with Crippen LogP contribution in [-0.2, 0) is 95.3 Å². The fourth-order valence-corrected chi connectivity index (χ4v) is 12.2. The number of carbonyl (C=O) groups excluding carboxylic acids is 4. The van der Waals surface area contributed by atoms with E-state index in [4.69, 9.17) is 61.6 Å². The van der Waals surface area contributed by atoms with Crippen molar-refractivity contribution in [2.45, 2.75) is 249 Å². The van der Waals surface area contributed by atoms with Crippen LogP contribution in [0.5, 0.6) is 0 Å². The quantitative estimate of drug-likeness (QED) is 0.0399. The van der Waals surface area contributed by atoms with Crippen LogP contribution in [0.3, 0.4) is 0 Å². The highest BCUT2D eigenvalue weighted by Crippen LogP contribution is 2.38. The largest absolute Gasteiger partial charge is 0.397 e. The fraction of sp³-hybridized carbons (Fsp3) is 0.920. The van der Waals surface area contributed by atoms with Crippen LogP contribution in [0.1, 0.15) is 34.6 Å². The summed E-state index contributed by atoms with van der Waals surface area (Å²) in [7, 11) is -5.33. The Kier molecular flexibility index (Phi) is 27.2. The Hall–Kier alpha value is -3.45. The highest BCUT2D eigenvalue weighted by Gasteiger charge is 2.59. The Bertz CT molecular complexity index is 2560. The normalized spacial score (nSPS) is 46.6. The van der Waals surface area contributed by atoms with E-state index < -0.39 is 288 Å². The highest BCUT2D eigenvalue weighted by molar-refractivity contribution is 7.80. The Labute approximate surface area is 527 Å². The van der Waals surface area contributed by atoms with Crippen molar-refractivity contribution in [3.05, 3.63) is 0 Å². The molecule has 93 heavy (non-hydrogen) atoms. The number of hydrogen-bond donors (Lipinski definition) is 22. The van der Waals surface area contributed by atoms with E-state index in [0.717, 1.165) is 27.7 Å². The molecule has 7 aliphatic heterocycles. The molecule has 7 heterocycles. The molecule has 42 nitrogen and oxygen atoms in total. The lowest BCUT2D eigenvalue weighted by atomic mass is 9.93. The monoisotopic (exact) mass is 1380 g/mol. The van der Waals surface area contributed by atoms with Crippen LogP contribution >= 0.6 is 0 Å². The van der Waals surface area contributed by atoms with Gasteiger partial charge in [-0.15, -0.1) is 0 Å². The molecular weight excluding hydrogens is 1300 g/mol. The smallest absolute Gasteiger partial charge is 0.394 e. The zero-order valence-electron chi connectivity index (χ0n) is 50.1. The summed E-state index contributed by atoms with van der Waals surface area (Å²) >= 11 is 0. The van der Waals surface area contributed by atoms with E-state index in [9.17, 15) is 119 Å². The molecule has 0 bridgehead atoms. The average Bonchev–Trinajstić information content (AvgIpc) is 0.800. The number of ether oxygens (including phenoxy) is 13. The van der Waals surface area contributed by atoms with Crippen molar-refractivity contribution in [3.63, 3.8) is 0 Å². The van der Waals surface area contributed by atoms with Gasteiger partial charge in [0, 0.05) is 27.7 Å². The summed E-state index contributed by atoms with van der Waals surface area (Å²) in [4.78, 5) is 49.8. The lowest BCUT2D eigenvalue weighted by Crippen LogP contribution is -2.71. The van der Waals surface area contributed by atoms with E-state index >= 15 is 0 Å². The van der Waals surface area contributed by atoms with Gasteiger partial charge in [0.25, 0.3) is 0 Å². The second-order valence-corrected chi connectivity index (χ2v) is 24.1. The van der Waals surface area contributed by atoms with Gasteiger partial charge in [0.05, 0.1) is 45.7 Å². The van der Waals surface area contributed by atoms with Gasteiger partial charge >= 0.3 is 10.4 Å².